The van der Waals surface area contributed by atoms with Crippen LogP contribution in [0.3, 0.4) is 0 Å². The molecule has 4 heterocycles. The molecule has 4 aliphatic rings. The summed E-state index contributed by atoms with van der Waals surface area (Å²) in [6, 6.07) is 1.86. The van der Waals surface area contributed by atoms with Crippen molar-refractivity contribution >= 4 is 0 Å². The first-order chi connectivity index (χ1) is 14.7. The third-order valence-corrected chi connectivity index (χ3v) is 9.75. The summed E-state index contributed by atoms with van der Waals surface area (Å²) in [5, 5.41) is 0. The van der Waals surface area contributed by atoms with Crippen molar-refractivity contribution in [2.24, 2.45) is 47.3 Å². The Hall–Kier alpha value is -0.0800. The van der Waals surface area contributed by atoms with Crippen molar-refractivity contribution in [2.75, 3.05) is 26.2 Å². The molecule has 0 N–H and O–H groups in total. The molecule has 4 fully saturated rings. The first kappa shape index (κ1) is 25.5. The monoisotopic (exact) mass is 432 g/mol. The highest BCUT2D eigenvalue weighted by Crippen LogP contribution is 2.41. The van der Waals surface area contributed by atoms with E-state index in [1.165, 1.54) is 71.1 Å². The minimum atomic E-state index is 0.857. The van der Waals surface area contributed by atoms with Crippen molar-refractivity contribution in [3.63, 3.8) is 0 Å². The smallest absolute Gasteiger partial charge is 0.00986 e. The molecule has 4 saturated heterocycles. The van der Waals surface area contributed by atoms with Crippen LogP contribution in [0.5, 0.6) is 0 Å². The lowest BCUT2D eigenvalue weighted by Gasteiger charge is -2.49. The second-order valence-electron chi connectivity index (χ2n) is 13.0. The lowest BCUT2D eigenvalue weighted by atomic mass is 9.70. The first-order valence-corrected chi connectivity index (χ1v) is 14.2. The van der Waals surface area contributed by atoms with Crippen molar-refractivity contribution in [3.8, 4) is 0 Å². The summed E-state index contributed by atoms with van der Waals surface area (Å²) in [7, 11) is 0. The van der Waals surface area contributed by atoms with Gasteiger partial charge in [-0.3, -0.25) is 0 Å². The molecule has 0 aromatic heterocycles. The fourth-order valence-electron chi connectivity index (χ4n) is 7.70. The quantitative estimate of drug-likeness (QED) is 0.464. The first-order valence-electron chi connectivity index (χ1n) is 14.2. The van der Waals surface area contributed by atoms with Gasteiger partial charge in [-0.25, -0.2) is 0 Å². The molecule has 0 aliphatic carbocycles. The number of piperidine rings is 3. The summed E-state index contributed by atoms with van der Waals surface area (Å²) in [5.41, 5.74) is 0. The van der Waals surface area contributed by atoms with Crippen LogP contribution in [0, 0.1) is 47.3 Å². The highest BCUT2D eigenvalue weighted by Gasteiger charge is 2.40. The molecule has 0 spiro atoms. The van der Waals surface area contributed by atoms with Gasteiger partial charge in [-0.1, -0.05) is 61.8 Å². The SMILES string of the molecule is CC(C)C1CC2CCCCN2CC1C(C)C.CC(C)C1CC2CCCN2CC1C(C)C. The van der Waals surface area contributed by atoms with E-state index < -0.39 is 0 Å². The predicted molar refractivity (Wildman–Crippen MR) is 136 cm³/mol. The van der Waals surface area contributed by atoms with Crippen LogP contribution < -0.4 is 0 Å². The highest BCUT2D eigenvalue weighted by atomic mass is 15.2. The molecule has 2 heteroatoms. The Labute approximate surface area is 195 Å². The summed E-state index contributed by atoms with van der Waals surface area (Å²) >= 11 is 0. The zero-order valence-electron chi connectivity index (χ0n) is 22.4. The van der Waals surface area contributed by atoms with Gasteiger partial charge in [0.2, 0.25) is 0 Å². The minimum Gasteiger partial charge on any atom is -0.300 e. The number of nitrogens with zero attached hydrogens (tertiary/aromatic N) is 2. The van der Waals surface area contributed by atoms with Gasteiger partial charge in [0, 0.05) is 25.2 Å². The molecule has 0 aromatic carbocycles. The molecule has 31 heavy (non-hydrogen) atoms. The van der Waals surface area contributed by atoms with Crippen molar-refractivity contribution < 1.29 is 0 Å². The Bertz CT molecular complexity index is 479. The Morgan fingerprint density at radius 1 is 0.484 bits per heavy atom. The van der Waals surface area contributed by atoms with Gasteiger partial charge in [0.1, 0.15) is 0 Å². The van der Waals surface area contributed by atoms with Crippen LogP contribution in [0.15, 0.2) is 0 Å². The van der Waals surface area contributed by atoms with Crippen LogP contribution in [-0.2, 0) is 0 Å². The zero-order valence-corrected chi connectivity index (χ0v) is 22.4. The maximum atomic E-state index is 2.80. The third-order valence-electron chi connectivity index (χ3n) is 9.75. The third kappa shape index (κ3) is 6.28. The van der Waals surface area contributed by atoms with Crippen LogP contribution in [-0.4, -0.2) is 48.1 Å². The Balaban J connectivity index is 0.000000176. The van der Waals surface area contributed by atoms with Gasteiger partial charge in [-0.2, -0.15) is 0 Å². The standard InChI is InChI=1S/C15H29N.C14H27N/c1-11(2)14-9-13-7-5-6-8-16(13)10-15(14)12(3)4;1-10(2)13-8-12-6-5-7-15(12)9-14(13)11(3)4/h11-15H,5-10H2,1-4H3;10-14H,5-9H2,1-4H3. The van der Waals surface area contributed by atoms with Crippen LogP contribution in [0.4, 0.5) is 0 Å². The number of fused-ring (bicyclic) bond motifs is 2. The van der Waals surface area contributed by atoms with Crippen molar-refractivity contribution in [3.05, 3.63) is 0 Å². The number of hydrogen-bond acceptors (Lipinski definition) is 2. The van der Waals surface area contributed by atoms with Gasteiger partial charge in [0.05, 0.1) is 0 Å². The van der Waals surface area contributed by atoms with E-state index in [0.29, 0.717) is 0 Å². The lowest BCUT2D eigenvalue weighted by Crippen LogP contribution is -2.51. The summed E-state index contributed by atoms with van der Waals surface area (Å²) in [5.74, 6) is 7.29. The van der Waals surface area contributed by atoms with E-state index in [1.807, 2.05) is 0 Å². The molecule has 0 amide bonds. The van der Waals surface area contributed by atoms with Gasteiger partial charge in [-0.05, 0) is 99.0 Å². The van der Waals surface area contributed by atoms with Crippen LogP contribution >= 0.6 is 0 Å². The van der Waals surface area contributed by atoms with Crippen molar-refractivity contribution in [1.82, 2.24) is 9.80 Å². The topological polar surface area (TPSA) is 6.48 Å². The fraction of sp³-hybridized carbons (Fsp3) is 1.00. The molecule has 0 bridgehead atoms. The molecule has 0 aromatic rings. The second-order valence-corrected chi connectivity index (χ2v) is 13.0. The molecular formula is C29H56N2. The molecule has 4 rings (SSSR count). The van der Waals surface area contributed by atoms with Crippen molar-refractivity contribution in [2.45, 2.75) is 112 Å². The fourth-order valence-corrected chi connectivity index (χ4v) is 7.70. The van der Waals surface area contributed by atoms with E-state index in [-0.39, 0.29) is 0 Å². The summed E-state index contributed by atoms with van der Waals surface area (Å²) < 4.78 is 0. The highest BCUT2D eigenvalue weighted by molar-refractivity contribution is 4.93. The minimum absolute atomic E-state index is 0.857. The molecule has 0 radical (unpaired) electrons. The summed E-state index contributed by atoms with van der Waals surface area (Å²) in [6.45, 7) is 24.9. The Kier molecular flexibility index (Phi) is 9.37. The molecule has 6 unspecified atom stereocenters. The molecule has 0 saturated carbocycles. The molecule has 4 aliphatic heterocycles. The maximum absolute atomic E-state index is 2.80. The van der Waals surface area contributed by atoms with Crippen molar-refractivity contribution in [1.29, 1.82) is 0 Å². The van der Waals surface area contributed by atoms with E-state index in [4.69, 9.17) is 0 Å². The van der Waals surface area contributed by atoms with Crippen LogP contribution in [0.1, 0.15) is 100 Å². The van der Waals surface area contributed by atoms with Crippen LogP contribution in [0.2, 0.25) is 0 Å². The van der Waals surface area contributed by atoms with Gasteiger partial charge >= 0.3 is 0 Å². The van der Waals surface area contributed by atoms with Gasteiger partial charge < -0.3 is 9.80 Å². The summed E-state index contributed by atoms with van der Waals surface area (Å²) in [6.07, 6.45) is 10.2. The normalized spacial score (nSPS) is 37.2. The van der Waals surface area contributed by atoms with Gasteiger partial charge in [0.25, 0.3) is 0 Å². The molecule has 2 nitrogen and oxygen atoms in total. The maximum Gasteiger partial charge on any atom is 0.00986 e. The van der Waals surface area contributed by atoms with Gasteiger partial charge in [-0.15, -0.1) is 0 Å². The van der Waals surface area contributed by atoms with E-state index >= 15 is 0 Å². The molecular weight excluding hydrogens is 376 g/mol. The van der Waals surface area contributed by atoms with E-state index in [1.54, 1.807) is 0 Å². The van der Waals surface area contributed by atoms with E-state index in [9.17, 15) is 0 Å². The van der Waals surface area contributed by atoms with Gasteiger partial charge in [0.15, 0.2) is 0 Å². The largest absolute Gasteiger partial charge is 0.300 e. The molecule has 6 atom stereocenters. The van der Waals surface area contributed by atoms with E-state index in [2.05, 4.69) is 65.2 Å². The summed E-state index contributed by atoms with van der Waals surface area (Å²) in [4.78, 5) is 5.57. The second kappa shape index (κ2) is 11.4. The average molecular weight is 433 g/mol. The zero-order chi connectivity index (χ0) is 22.7. The lowest BCUT2D eigenvalue weighted by molar-refractivity contribution is 0.00186. The number of hydrogen-bond donors (Lipinski definition) is 0. The molecule has 182 valence electrons. The predicted octanol–water partition coefficient (Wildman–Crippen LogP) is 7.19. The number of rotatable bonds is 4. The van der Waals surface area contributed by atoms with Crippen LogP contribution in [0.25, 0.3) is 0 Å². The van der Waals surface area contributed by atoms with E-state index in [0.717, 1.165) is 59.4 Å². The Morgan fingerprint density at radius 2 is 0.871 bits per heavy atom. The Morgan fingerprint density at radius 3 is 1.29 bits per heavy atom. The average Bonchev–Trinajstić information content (AvgIpc) is 3.19.